The second-order valence-corrected chi connectivity index (χ2v) is 40.2. The van der Waals surface area contributed by atoms with Gasteiger partial charge in [0.25, 0.3) is 0 Å². The summed E-state index contributed by atoms with van der Waals surface area (Å²) in [6.07, 6.45) is 9.88. The number of rotatable bonds is 57. The highest BCUT2D eigenvalue weighted by molar-refractivity contribution is 8.76. The van der Waals surface area contributed by atoms with Crippen LogP contribution in [0.3, 0.4) is 0 Å². The number of unbranched alkanes of at least 4 members (excludes halogenated alkanes) is 3. The molecule has 3 saturated heterocycles. The highest BCUT2D eigenvalue weighted by Crippen LogP contribution is 2.53. The highest BCUT2D eigenvalue weighted by Gasteiger charge is 2.51. The van der Waals surface area contributed by atoms with Crippen LogP contribution in [0.4, 0.5) is 4.79 Å². The van der Waals surface area contributed by atoms with Crippen molar-refractivity contribution in [2.24, 2.45) is 75.3 Å². The molecule has 1 aromatic heterocycles. The summed E-state index contributed by atoms with van der Waals surface area (Å²) in [6.45, 7) is 13.4. The molecule has 0 bridgehead atoms. The summed E-state index contributed by atoms with van der Waals surface area (Å²) in [5.41, 5.74) is 25.5. The molecule has 15 atom stereocenters. The van der Waals surface area contributed by atoms with Gasteiger partial charge in [-0.15, -0.1) is 5.10 Å². The van der Waals surface area contributed by atoms with E-state index >= 15 is 0 Å². The van der Waals surface area contributed by atoms with E-state index in [1.54, 1.807) is 6.92 Å². The highest BCUT2D eigenvalue weighted by atomic mass is 33.1. The Kier molecular flexibility index (Phi) is 53.9. The topological polar surface area (TPSA) is 648 Å². The van der Waals surface area contributed by atoms with Crippen LogP contribution < -0.4 is 76.1 Å². The lowest BCUT2D eigenvalue weighted by Gasteiger charge is -2.31. The molecule has 5 aliphatic rings. The van der Waals surface area contributed by atoms with Crippen molar-refractivity contribution < 1.29 is 106 Å². The van der Waals surface area contributed by atoms with Crippen molar-refractivity contribution in [1.82, 2.24) is 78.0 Å². The molecular formula is C97H154N20O22S2. The number of Topliss-reactive ketones (excluding diaryl/α,β-unsaturated/α-hetero) is 6. The van der Waals surface area contributed by atoms with Crippen molar-refractivity contribution in [2.75, 3.05) is 83.7 Å². The first kappa shape index (κ1) is 119. The van der Waals surface area contributed by atoms with E-state index < -0.39 is 174 Å². The number of primary amides is 1. The summed E-state index contributed by atoms with van der Waals surface area (Å²) in [5.74, 6) is -10.9. The number of hydrogen-bond donors (Lipinski definition) is 16. The predicted molar refractivity (Wildman–Crippen MR) is 528 cm³/mol. The van der Waals surface area contributed by atoms with E-state index in [1.165, 1.54) is 22.4 Å². The van der Waals surface area contributed by atoms with Gasteiger partial charge in [0.05, 0.1) is 62.3 Å². The third-order valence-corrected chi connectivity index (χ3v) is 28.7. The van der Waals surface area contributed by atoms with Crippen LogP contribution in [0.2, 0.25) is 0 Å². The zero-order valence-corrected chi connectivity index (χ0v) is 84.7. The summed E-state index contributed by atoms with van der Waals surface area (Å²) in [4.78, 5) is 257. The second-order valence-electron chi connectivity index (χ2n) is 37.6. The number of nitrogens with one attached hydrogen (secondary N) is 10. The summed E-state index contributed by atoms with van der Waals surface area (Å²) in [5, 5.41) is 55.4. The Balaban J connectivity index is 0.000000511. The Morgan fingerprint density at radius 3 is 1.93 bits per heavy atom. The Morgan fingerprint density at radius 1 is 0.624 bits per heavy atom. The van der Waals surface area contributed by atoms with Gasteiger partial charge in [-0.25, -0.2) is 9.48 Å². The summed E-state index contributed by atoms with van der Waals surface area (Å²) >= 11 is 0. The number of carbonyl (C=O) groups excluding carboxylic acids is 19. The molecule has 3 aliphatic heterocycles. The number of amides is 13. The number of hydrogen-bond acceptors (Lipinski definition) is 28. The number of fused-ring (bicyclic) bond motifs is 2. The quantitative estimate of drug-likeness (QED) is 0.0195. The van der Waals surface area contributed by atoms with Crippen molar-refractivity contribution in [3.8, 4) is 0 Å². The van der Waals surface area contributed by atoms with Crippen molar-refractivity contribution in [3.63, 3.8) is 0 Å². The molecule has 44 heteroatoms. The lowest BCUT2D eigenvalue weighted by atomic mass is 9.89. The number of aryl methyl sites for hydroxylation is 2. The number of carbonyl (C=O) groups is 19. The van der Waals surface area contributed by atoms with E-state index in [9.17, 15) is 96.2 Å². The molecule has 0 unspecified atom stereocenters. The van der Waals surface area contributed by atoms with Crippen LogP contribution in [0.15, 0.2) is 35.3 Å². The van der Waals surface area contributed by atoms with E-state index in [-0.39, 0.29) is 176 Å². The van der Waals surface area contributed by atoms with Crippen molar-refractivity contribution in [1.29, 1.82) is 0 Å². The fourth-order valence-corrected chi connectivity index (χ4v) is 20.4. The number of aliphatic hydroxyl groups is 2. The maximum Gasteiger partial charge on any atom is 0.407 e. The minimum Gasteiger partial charge on any atom is -0.449 e. The molecule has 786 valence electrons. The molecule has 42 nitrogen and oxygen atoms in total. The average molecular weight is 2020 g/mol. The average Bonchev–Trinajstić information content (AvgIpc) is 1.61. The maximum atomic E-state index is 14.5. The summed E-state index contributed by atoms with van der Waals surface area (Å²) in [7, 11) is 2.25. The van der Waals surface area contributed by atoms with Crippen LogP contribution in [0, 0.1) is 47.3 Å². The van der Waals surface area contributed by atoms with E-state index in [0.29, 0.717) is 115 Å². The van der Waals surface area contributed by atoms with Gasteiger partial charge in [0.2, 0.25) is 70.9 Å². The van der Waals surface area contributed by atoms with E-state index in [0.717, 1.165) is 77.8 Å². The molecule has 1 saturated carbocycles. The van der Waals surface area contributed by atoms with Crippen LogP contribution in [0.5, 0.6) is 0 Å². The van der Waals surface area contributed by atoms with Crippen molar-refractivity contribution >= 4 is 139 Å². The molecule has 2 aliphatic carbocycles. The van der Waals surface area contributed by atoms with Crippen LogP contribution in [0.1, 0.15) is 252 Å². The smallest absolute Gasteiger partial charge is 0.407 e. The molecule has 0 spiro atoms. The van der Waals surface area contributed by atoms with Gasteiger partial charge < -0.3 is 101 Å². The van der Waals surface area contributed by atoms with Crippen molar-refractivity contribution in [3.05, 3.63) is 47.3 Å². The number of nitrogens with zero attached hydrogens (tertiary/aromatic N) is 6. The first-order valence-corrected chi connectivity index (χ1v) is 52.6. The van der Waals surface area contributed by atoms with Gasteiger partial charge in [0.15, 0.2) is 40.7 Å². The first-order valence-electron chi connectivity index (χ1n) is 50.2. The molecule has 7 rings (SSSR count). The summed E-state index contributed by atoms with van der Waals surface area (Å²) in [6, 6.07) is 1.02. The Bertz CT molecular complexity index is 4520. The molecule has 4 heterocycles. The summed E-state index contributed by atoms with van der Waals surface area (Å²) < 4.78 is 7.36. The number of alkyl carbamates (subject to hydrolysis) is 1. The number of aliphatic imine (C=N–C) groups is 1. The van der Waals surface area contributed by atoms with Crippen molar-refractivity contribution in [2.45, 2.75) is 309 Å². The lowest BCUT2D eigenvalue weighted by Crippen LogP contribution is -2.56. The Morgan fingerprint density at radius 2 is 1.28 bits per heavy atom. The van der Waals surface area contributed by atoms with Gasteiger partial charge >= 0.3 is 6.09 Å². The van der Waals surface area contributed by atoms with Crippen LogP contribution >= 0.6 is 21.6 Å². The minimum absolute atomic E-state index is 0.0411. The van der Waals surface area contributed by atoms with Gasteiger partial charge in [-0.3, -0.25) is 91.3 Å². The number of benzene rings is 1. The third kappa shape index (κ3) is 42.3. The van der Waals surface area contributed by atoms with Crippen LogP contribution in [-0.2, 0) is 117 Å². The van der Waals surface area contributed by atoms with Crippen LogP contribution in [-0.4, -0.2) is 285 Å². The largest absolute Gasteiger partial charge is 0.449 e. The molecule has 13 amide bonds. The van der Waals surface area contributed by atoms with Gasteiger partial charge in [0, 0.05) is 126 Å². The molecule has 1 aromatic carbocycles. The zero-order valence-electron chi connectivity index (χ0n) is 83.0. The SMILES string of the molecule is CCCC[C@@H](NC(=O)[C@@H]1CCCN1C(=O)CCC(=O)[C@H](CCCCN)NC(=O)[C@@H]1CSSC[C@H](NC(=O)[C@@H]2CCCN2C(=O)[C@H](CCCN=C(N)N)NC(=O)[C@@H](CC)CCC(N)=O)C(=O)C[C@@H](CC(C)C)C(=O)N[C@@H](CO)C(=O)C1)C(=O)NCCc1ccccc1.CCNC(=O)OC[C@@H]1[C@@H]2CCc3nnn(CCCC[C@H](C)C(=O)NCC(=O)CCC(=O)NCC(=O)CCC(=O)N[C@@H](CO)C(C)=O)c3CC[C@@H]21. The number of nitrogens with two attached hydrogens (primary N) is 4. The van der Waals surface area contributed by atoms with Gasteiger partial charge in [-0.1, -0.05) is 111 Å². The Labute approximate surface area is 833 Å². The number of aliphatic hydroxyl groups excluding tert-OH is 2. The minimum atomic E-state index is -1.47. The molecule has 2 aromatic rings. The maximum absolute atomic E-state index is 14.5. The predicted octanol–water partition coefficient (Wildman–Crippen LogP) is 1.92. The number of ether oxygens (including phenoxy) is 1. The van der Waals surface area contributed by atoms with E-state index in [4.69, 9.17) is 32.8 Å². The van der Waals surface area contributed by atoms with Gasteiger partial charge in [-0.2, -0.15) is 0 Å². The second kappa shape index (κ2) is 63.9. The number of ketones is 6. The van der Waals surface area contributed by atoms with E-state index in [1.807, 2.05) is 69.6 Å². The molecule has 0 radical (unpaired) electrons. The van der Waals surface area contributed by atoms with Gasteiger partial charge in [-0.05, 0) is 178 Å². The number of likely N-dealkylation sites (tertiary alicyclic amines) is 2. The fraction of sp³-hybridized carbons (Fsp3) is 0.711. The monoisotopic (exact) mass is 2020 g/mol. The standard InChI is InChI=1S/C63H101N13O13S2.C34H53N7O9/c1-5-7-18-45(59(86)68-30-27-40-16-9-8-10-17-40)71-60(87)49-21-14-31-75(49)55(82)26-24-51(78)44(19-11-12-28-64)70-58(85)43-35-52(79)47(36-77)73-57(84)42(33-39(3)4)34-53(80)48(38-91-90-37-43)74-61(88)50-22-15-32-76(50)62(89)46(20-13-29-69-63(66)67)72-56(83)41(6-2)23-25-54(65)81;1-4-35-34(49)50-20-27-25-10-12-28-30(13-11-26(25)27)41(40-39-28)16-6-5-7-21(2)33(48)37-18-24(45)8-14-31(46)36-17-23(44)9-15-32(47)38-29(19-42)22(3)43/h8-10,16-17,39,41-50,77H,5-7,11-15,18-38,64H2,1-4H3,(H2,65,81)(H,68,86)(H,70,85)(H,71,87)(H,72,83)(H,73,84)(H,74,88)(H4,66,67,69);21,25-27,29,42H,4-20H2,1-3H3,(H,35,49)(H,36,46)(H,37,48)(H,38,47)/t41-,42+,43-,44-,45+,46-,47-,48-,49-,50-;21-,25+,26-,27+,29-/m00/s1. The Hall–Kier alpha value is -10.9. The van der Waals surface area contributed by atoms with E-state index in [2.05, 4.69) is 68.5 Å². The van der Waals surface area contributed by atoms with Gasteiger partial charge in [0.1, 0.15) is 36.3 Å². The lowest BCUT2D eigenvalue weighted by molar-refractivity contribution is -0.142. The van der Waals surface area contributed by atoms with Crippen LogP contribution in [0.25, 0.3) is 0 Å². The number of guanidine groups is 1. The third-order valence-electron chi connectivity index (χ3n) is 26.2. The molecule has 141 heavy (non-hydrogen) atoms. The first-order chi connectivity index (χ1) is 67.4. The normalized spacial score (nSPS) is 20.4. The molecule has 4 fully saturated rings. The molecular weight excluding hydrogens is 1860 g/mol. The zero-order chi connectivity index (χ0) is 104. The molecule has 20 N–H and O–H groups in total. The fourth-order valence-electron chi connectivity index (χ4n) is 17.8. The number of aromatic nitrogens is 3.